The van der Waals surface area contributed by atoms with E-state index in [-0.39, 0.29) is 12.1 Å². The van der Waals surface area contributed by atoms with Crippen molar-refractivity contribution in [3.63, 3.8) is 0 Å². The summed E-state index contributed by atoms with van der Waals surface area (Å²) in [7, 11) is 3.50. The summed E-state index contributed by atoms with van der Waals surface area (Å²) in [4.78, 5) is 16.6. The van der Waals surface area contributed by atoms with E-state index in [0.29, 0.717) is 6.54 Å². The zero-order valence-corrected chi connectivity index (χ0v) is 18.3. The summed E-state index contributed by atoms with van der Waals surface area (Å²) in [6.07, 6.45) is 1.80. The van der Waals surface area contributed by atoms with Crippen molar-refractivity contribution in [3.8, 4) is 5.75 Å². The van der Waals surface area contributed by atoms with Gasteiger partial charge in [0.2, 0.25) is 0 Å². The van der Waals surface area contributed by atoms with Crippen LogP contribution in [-0.2, 0) is 17.7 Å². The molecule has 30 heavy (non-hydrogen) atoms. The van der Waals surface area contributed by atoms with E-state index in [0.717, 1.165) is 50.5 Å². The van der Waals surface area contributed by atoms with Crippen molar-refractivity contribution in [1.29, 1.82) is 0 Å². The number of carbonyl (C=O) groups excluding carboxylic acids is 1. The molecule has 2 aromatic rings. The molecule has 1 N–H and O–H groups in total. The minimum absolute atomic E-state index is 0.0468. The van der Waals surface area contributed by atoms with Gasteiger partial charge in [-0.2, -0.15) is 0 Å². The number of rotatable bonds is 8. The van der Waals surface area contributed by atoms with Crippen molar-refractivity contribution in [2.24, 2.45) is 0 Å². The van der Waals surface area contributed by atoms with E-state index in [1.54, 1.807) is 12.0 Å². The van der Waals surface area contributed by atoms with E-state index in [1.807, 2.05) is 26.1 Å². The molecule has 0 bridgehead atoms. The van der Waals surface area contributed by atoms with Gasteiger partial charge < -0.3 is 24.6 Å². The van der Waals surface area contributed by atoms with Crippen LogP contribution in [0.15, 0.2) is 48.5 Å². The molecule has 0 spiro atoms. The lowest BCUT2D eigenvalue weighted by molar-refractivity contribution is 0.122. The van der Waals surface area contributed by atoms with Gasteiger partial charge in [-0.05, 0) is 55.2 Å². The number of aryl methyl sites for hydroxylation is 1. The number of hydrogen-bond donors (Lipinski definition) is 1. The molecule has 1 atom stereocenters. The van der Waals surface area contributed by atoms with Crippen molar-refractivity contribution in [3.05, 3.63) is 59.7 Å². The van der Waals surface area contributed by atoms with Gasteiger partial charge in [-0.15, -0.1) is 0 Å². The Labute approximate surface area is 179 Å². The Morgan fingerprint density at radius 2 is 1.73 bits per heavy atom. The van der Waals surface area contributed by atoms with Crippen molar-refractivity contribution >= 4 is 11.7 Å². The van der Waals surface area contributed by atoms with E-state index in [1.165, 1.54) is 11.3 Å². The van der Waals surface area contributed by atoms with Crippen LogP contribution in [0.4, 0.5) is 10.5 Å². The molecule has 0 aliphatic carbocycles. The fourth-order valence-electron chi connectivity index (χ4n) is 3.55. The summed E-state index contributed by atoms with van der Waals surface area (Å²) in [5, 5.41) is 3.10. The first-order valence-electron chi connectivity index (χ1n) is 10.6. The van der Waals surface area contributed by atoms with Crippen LogP contribution in [0.25, 0.3) is 0 Å². The molecule has 1 unspecified atom stereocenters. The minimum atomic E-state index is -0.0468. The van der Waals surface area contributed by atoms with Gasteiger partial charge in [0.15, 0.2) is 0 Å². The molecule has 6 nitrogen and oxygen atoms in total. The Kier molecular flexibility index (Phi) is 7.97. The third kappa shape index (κ3) is 6.39. The Morgan fingerprint density at radius 1 is 1.10 bits per heavy atom. The Hall–Kier alpha value is -2.73. The first kappa shape index (κ1) is 22.0. The standard InChI is InChI=1S/C24H33N3O3/c1-19(4-5-20-8-12-23(29-3)13-9-20)25-24(28)26(2)18-21-6-10-22(11-7-21)27-14-16-30-17-15-27/h6-13,19H,4-5,14-18H2,1-3H3,(H,25,28). The number of nitrogens with one attached hydrogen (secondary N) is 1. The smallest absolute Gasteiger partial charge is 0.317 e. The van der Waals surface area contributed by atoms with Gasteiger partial charge in [0, 0.05) is 38.4 Å². The van der Waals surface area contributed by atoms with Gasteiger partial charge >= 0.3 is 6.03 Å². The second kappa shape index (κ2) is 10.9. The van der Waals surface area contributed by atoms with Crippen molar-refractivity contribution in [1.82, 2.24) is 10.2 Å². The largest absolute Gasteiger partial charge is 0.497 e. The number of hydrogen-bond acceptors (Lipinski definition) is 4. The normalized spacial score (nSPS) is 14.8. The third-order valence-corrected chi connectivity index (χ3v) is 5.47. The lowest BCUT2D eigenvalue weighted by Crippen LogP contribution is -2.41. The minimum Gasteiger partial charge on any atom is -0.497 e. The number of anilines is 1. The number of nitrogens with zero attached hydrogens (tertiary/aromatic N) is 2. The summed E-state index contributed by atoms with van der Waals surface area (Å²) >= 11 is 0. The van der Waals surface area contributed by atoms with Crippen LogP contribution >= 0.6 is 0 Å². The average molecular weight is 412 g/mol. The Morgan fingerprint density at radius 3 is 2.37 bits per heavy atom. The zero-order chi connectivity index (χ0) is 21.3. The van der Waals surface area contributed by atoms with Crippen LogP contribution in [0, 0.1) is 0 Å². The summed E-state index contributed by atoms with van der Waals surface area (Å²) in [5.74, 6) is 0.861. The van der Waals surface area contributed by atoms with E-state index in [9.17, 15) is 4.79 Å². The second-order valence-electron chi connectivity index (χ2n) is 7.86. The van der Waals surface area contributed by atoms with Crippen molar-refractivity contribution < 1.29 is 14.3 Å². The van der Waals surface area contributed by atoms with Gasteiger partial charge in [-0.3, -0.25) is 0 Å². The van der Waals surface area contributed by atoms with E-state index < -0.39 is 0 Å². The molecule has 0 radical (unpaired) electrons. The van der Waals surface area contributed by atoms with Crippen molar-refractivity contribution in [2.45, 2.75) is 32.4 Å². The van der Waals surface area contributed by atoms with Gasteiger partial charge in [-0.25, -0.2) is 4.79 Å². The van der Waals surface area contributed by atoms with Crippen LogP contribution in [0.5, 0.6) is 5.75 Å². The summed E-state index contributed by atoms with van der Waals surface area (Å²) in [6.45, 7) is 6.04. The molecule has 2 amide bonds. The highest BCUT2D eigenvalue weighted by molar-refractivity contribution is 5.74. The number of amides is 2. The van der Waals surface area contributed by atoms with Crippen LogP contribution in [-0.4, -0.2) is 57.4 Å². The molecule has 0 saturated carbocycles. The number of morpholine rings is 1. The predicted molar refractivity (Wildman–Crippen MR) is 120 cm³/mol. The fourth-order valence-corrected chi connectivity index (χ4v) is 3.55. The summed E-state index contributed by atoms with van der Waals surface area (Å²) < 4.78 is 10.6. The molecular formula is C24H33N3O3. The monoisotopic (exact) mass is 411 g/mol. The van der Waals surface area contributed by atoms with E-state index in [2.05, 4.69) is 46.6 Å². The topological polar surface area (TPSA) is 54.0 Å². The number of ether oxygens (including phenoxy) is 2. The van der Waals surface area contributed by atoms with Gasteiger partial charge in [0.25, 0.3) is 0 Å². The maximum absolute atomic E-state index is 12.5. The molecule has 1 aliphatic heterocycles. The third-order valence-electron chi connectivity index (χ3n) is 5.47. The van der Waals surface area contributed by atoms with E-state index >= 15 is 0 Å². The molecule has 0 aromatic heterocycles. The highest BCUT2D eigenvalue weighted by Gasteiger charge is 2.14. The highest BCUT2D eigenvalue weighted by Crippen LogP contribution is 2.17. The lowest BCUT2D eigenvalue weighted by Gasteiger charge is -2.29. The molecule has 6 heteroatoms. The average Bonchev–Trinajstić information content (AvgIpc) is 2.79. The molecule has 1 aliphatic rings. The lowest BCUT2D eigenvalue weighted by atomic mass is 10.1. The SMILES string of the molecule is COc1ccc(CCC(C)NC(=O)N(C)Cc2ccc(N3CCOCC3)cc2)cc1. The number of carbonyl (C=O) groups is 1. The van der Waals surface area contributed by atoms with Crippen LogP contribution < -0.4 is 15.0 Å². The van der Waals surface area contributed by atoms with Gasteiger partial charge in [0.05, 0.1) is 20.3 Å². The first-order valence-corrected chi connectivity index (χ1v) is 10.6. The number of benzene rings is 2. The maximum Gasteiger partial charge on any atom is 0.317 e. The first-order chi connectivity index (χ1) is 14.5. The molecule has 3 rings (SSSR count). The Balaban J connectivity index is 1.43. The van der Waals surface area contributed by atoms with Crippen LogP contribution in [0.1, 0.15) is 24.5 Å². The summed E-state index contributed by atoms with van der Waals surface area (Å²) in [6, 6.07) is 16.6. The predicted octanol–water partition coefficient (Wildman–Crippen LogP) is 3.69. The van der Waals surface area contributed by atoms with E-state index in [4.69, 9.17) is 9.47 Å². The highest BCUT2D eigenvalue weighted by atomic mass is 16.5. The van der Waals surface area contributed by atoms with Crippen LogP contribution in [0.3, 0.4) is 0 Å². The van der Waals surface area contributed by atoms with Crippen LogP contribution in [0.2, 0.25) is 0 Å². The summed E-state index contributed by atoms with van der Waals surface area (Å²) in [5.41, 5.74) is 3.57. The maximum atomic E-state index is 12.5. The molecule has 1 heterocycles. The van der Waals surface area contributed by atoms with Crippen molar-refractivity contribution in [2.75, 3.05) is 45.4 Å². The fraction of sp³-hybridized carbons (Fsp3) is 0.458. The molecular weight excluding hydrogens is 378 g/mol. The zero-order valence-electron chi connectivity index (χ0n) is 18.3. The number of methoxy groups -OCH3 is 1. The quantitative estimate of drug-likeness (QED) is 0.720. The molecule has 1 saturated heterocycles. The van der Waals surface area contributed by atoms with Gasteiger partial charge in [-0.1, -0.05) is 24.3 Å². The second-order valence-corrected chi connectivity index (χ2v) is 7.86. The van der Waals surface area contributed by atoms with Gasteiger partial charge in [0.1, 0.15) is 5.75 Å². The molecule has 2 aromatic carbocycles. The Bertz CT molecular complexity index is 786. The molecule has 162 valence electrons. The number of urea groups is 1. The molecule has 1 fully saturated rings.